The van der Waals surface area contributed by atoms with Crippen molar-refractivity contribution in [1.82, 2.24) is 0 Å². The lowest BCUT2D eigenvalue weighted by Gasteiger charge is -2.31. The summed E-state index contributed by atoms with van der Waals surface area (Å²) in [7, 11) is 0. The minimum absolute atomic E-state index is 0.0457. The van der Waals surface area contributed by atoms with Crippen LogP contribution in [0.3, 0.4) is 0 Å². The van der Waals surface area contributed by atoms with Crippen LogP contribution in [-0.2, 0) is 6.42 Å². The van der Waals surface area contributed by atoms with Crippen molar-refractivity contribution in [2.45, 2.75) is 24.9 Å². The zero-order chi connectivity index (χ0) is 13.4. The summed E-state index contributed by atoms with van der Waals surface area (Å²) in [5.74, 6) is -1.62. The molecule has 1 nitrogen and oxygen atoms in total. The maximum Gasteiger partial charge on any atom is 0.164 e. The number of benzene rings is 2. The van der Waals surface area contributed by atoms with Crippen LogP contribution in [0, 0.1) is 11.6 Å². The van der Waals surface area contributed by atoms with Crippen LogP contribution in [-0.4, -0.2) is 5.11 Å². The first-order chi connectivity index (χ1) is 9.16. The summed E-state index contributed by atoms with van der Waals surface area (Å²) < 4.78 is 26.7. The van der Waals surface area contributed by atoms with Crippen LogP contribution >= 0.6 is 0 Å². The molecule has 0 spiro atoms. The summed E-state index contributed by atoms with van der Waals surface area (Å²) in [6.45, 7) is 0. The monoisotopic (exact) mass is 260 g/mol. The van der Waals surface area contributed by atoms with Crippen molar-refractivity contribution < 1.29 is 13.9 Å². The average Bonchev–Trinajstić information content (AvgIpc) is 2.39. The van der Waals surface area contributed by atoms with Crippen LogP contribution in [0.1, 0.15) is 35.1 Å². The molecule has 2 atom stereocenters. The number of rotatable bonds is 3. The minimum Gasteiger partial charge on any atom is -0.388 e. The Labute approximate surface area is 110 Å². The van der Waals surface area contributed by atoms with Crippen molar-refractivity contribution in [2.75, 3.05) is 0 Å². The number of fused-ring (bicyclic) bond motifs is 1. The molecule has 19 heavy (non-hydrogen) atoms. The average molecular weight is 260 g/mol. The summed E-state index contributed by atoms with van der Waals surface area (Å²) in [6.07, 6.45) is 0.357. The smallest absolute Gasteiger partial charge is 0.164 e. The Bertz CT molecular complexity index is 609. The van der Waals surface area contributed by atoms with E-state index in [0.29, 0.717) is 6.42 Å². The molecule has 0 heterocycles. The molecule has 0 fully saturated rings. The Hall–Kier alpha value is -1.74. The Morgan fingerprint density at radius 3 is 2.68 bits per heavy atom. The quantitative estimate of drug-likeness (QED) is 0.891. The number of aliphatic hydroxyl groups excluding tert-OH is 1. The third kappa shape index (κ3) is 2.15. The van der Waals surface area contributed by atoms with E-state index in [9.17, 15) is 13.9 Å². The van der Waals surface area contributed by atoms with Crippen LogP contribution in [0.4, 0.5) is 8.78 Å². The predicted molar refractivity (Wildman–Crippen MR) is 68.8 cm³/mol. The molecule has 98 valence electrons. The number of aliphatic hydroxyl groups is 1. The second kappa shape index (κ2) is 4.74. The van der Waals surface area contributed by atoms with Gasteiger partial charge in [-0.15, -0.1) is 0 Å². The van der Waals surface area contributed by atoms with Gasteiger partial charge < -0.3 is 5.11 Å². The molecule has 0 amide bonds. The van der Waals surface area contributed by atoms with Crippen LogP contribution in [0.2, 0.25) is 0 Å². The molecule has 3 heteroatoms. The van der Waals surface area contributed by atoms with E-state index < -0.39 is 17.7 Å². The Balaban J connectivity index is 1.77. The highest BCUT2D eigenvalue weighted by molar-refractivity contribution is 5.40. The standard InChI is InChI=1S/C16H14F2O/c17-14-7-3-6-13(16(14)18)15(19)9-11-8-10-4-1-2-5-12(10)11/h1-7,11,15,19H,8-9H2. The summed E-state index contributed by atoms with van der Waals surface area (Å²) >= 11 is 0. The van der Waals surface area contributed by atoms with Gasteiger partial charge >= 0.3 is 0 Å². The van der Waals surface area contributed by atoms with E-state index in [1.165, 1.54) is 23.3 Å². The van der Waals surface area contributed by atoms with E-state index in [0.717, 1.165) is 12.5 Å². The van der Waals surface area contributed by atoms with Crippen molar-refractivity contribution in [3.8, 4) is 0 Å². The highest BCUT2D eigenvalue weighted by Gasteiger charge is 2.29. The van der Waals surface area contributed by atoms with Crippen molar-refractivity contribution in [2.24, 2.45) is 0 Å². The van der Waals surface area contributed by atoms with E-state index in [-0.39, 0.29) is 11.5 Å². The maximum absolute atomic E-state index is 13.6. The summed E-state index contributed by atoms with van der Waals surface area (Å²) in [5.41, 5.74) is 2.53. The van der Waals surface area contributed by atoms with Gasteiger partial charge in [-0.05, 0) is 36.0 Å². The van der Waals surface area contributed by atoms with Crippen molar-refractivity contribution in [3.05, 3.63) is 70.8 Å². The molecule has 0 saturated carbocycles. The number of halogens is 2. The van der Waals surface area contributed by atoms with E-state index in [1.54, 1.807) is 0 Å². The fourth-order valence-electron chi connectivity index (χ4n) is 2.75. The van der Waals surface area contributed by atoms with Gasteiger partial charge in [0.25, 0.3) is 0 Å². The highest BCUT2D eigenvalue weighted by atomic mass is 19.2. The molecular weight excluding hydrogens is 246 g/mol. The van der Waals surface area contributed by atoms with Gasteiger partial charge in [0.15, 0.2) is 11.6 Å². The fourth-order valence-corrected chi connectivity index (χ4v) is 2.75. The molecule has 1 N–H and O–H groups in total. The van der Waals surface area contributed by atoms with Gasteiger partial charge in [-0.3, -0.25) is 0 Å². The van der Waals surface area contributed by atoms with Gasteiger partial charge in [0.2, 0.25) is 0 Å². The molecule has 0 saturated heterocycles. The van der Waals surface area contributed by atoms with Gasteiger partial charge in [0.1, 0.15) is 0 Å². The first-order valence-electron chi connectivity index (χ1n) is 6.36. The molecule has 1 aliphatic carbocycles. The lowest BCUT2D eigenvalue weighted by Crippen LogP contribution is -2.19. The fraction of sp³-hybridized carbons (Fsp3) is 0.250. The Kier molecular flexibility index (Phi) is 3.07. The third-order valence-corrected chi connectivity index (χ3v) is 3.81. The second-order valence-electron chi connectivity index (χ2n) is 4.99. The van der Waals surface area contributed by atoms with Gasteiger partial charge in [-0.25, -0.2) is 8.78 Å². The lowest BCUT2D eigenvalue weighted by atomic mass is 9.74. The summed E-state index contributed by atoms with van der Waals surface area (Å²) in [4.78, 5) is 0. The SMILES string of the molecule is OC(CC1Cc2ccccc21)c1cccc(F)c1F. The predicted octanol–water partition coefficient (Wildman–Crippen LogP) is 3.73. The van der Waals surface area contributed by atoms with E-state index in [2.05, 4.69) is 6.07 Å². The molecule has 2 aromatic rings. The van der Waals surface area contributed by atoms with Crippen LogP contribution in [0.25, 0.3) is 0 Å². The highest BCUT2D eigenvalue weighted by Crippen LogP contribution is 2.41. The van der Waals surface area contributed by atoms with Gasteiger partial charge in [0, 0.05) is 5.56 Å². The third-order valence-electron chi connectivity index (χ3n) is 3.81. The molecule has 0 bridgehead atoms. The van der Waals surface area contributed by atoms with Crippen LogP contribution < -0.4 is 0 Å². The van der Waals surface area contributed by atoms with Gasteiger partial charge in [-0.2, -0.15) is 0 Å². The lowest BCUT2D eigenvalue weighted by molar-refractivity contribution is 0.148. The van der Waals surface area contributed by atoms with E-state index >= 15 is 0 Å². The second-order valence-corrected chi connectivity index (χ2v) is 4.99. The molecule has 3 rings (SSSR count). The zero-order valence-electron chi connectivity index (χ0n) is 10.3. The normalized spacial score (nSPS) is 18.6. The molecule has 2 unspecified atom stereocenters. The van der Waals surface area contributed by atoms with Gasteiger partial charge in [0.05, 0.1) is 6.10 Å². The van der Waals surface area contributed by atoms with Crippen molar-refractivity contribution >= 4 is 0 Å². The first kappa shape index (κ1) is 12.3. The maximum atomic E-state index is 13.6. The summed E-state index contributed by atoms with van der Waals surface area (Å²) in [6, 6.07) is 11.9. The minimum atomic E-state index is -0.964. The molecular formula is C16H14F2O. The molecule has 0 aromatic heterocycles. The van der Waals surface area contributed by atoms with Crippen LogP contribution in [0.15, 0.2) is 42.5 Å². The van der Waals surface area contributed by atoms with Crippen molar-refractivity contribution in [1.29, 1.82) is 0 Å². The number of hydrogen-bond donors (Lipinski definition) is 1. The number of hydrogen-bond acceptors (Lipinski definition) is 1. The zero-order valence-corrected chi connectivity index (χ0v) is 10.3. The van der Waals surface area contributed by atoms with E-state index in [1.807, 2.05) is 18.2 Å². The van der Waals surface area contributed by atoms with Gasteiger partial charge in [-0.1, -0.05) is 36.4 Å². The molecule has 2 aromatic carbocycles. The Morgan fingerprint density at radius 2 is 1.89 bits per heavy atom. The molecule has 0 radical (unpaired) electrons. The van der Waals surface area contributed by atoms with Crippen molar-refractivity contribution in [3.63, 3.8) is 0 Å². The molecule has 1 aliphatic rings. The van der Waals surface area contributed by atoms with E-state index in [4.69, 9.17) is 0 Å². The topological polar surface area (TPSA) is 20.2 Å². The first-order valence-corrected chi connectivity index (χ1v) is 6.36. The molecule has 0 aliphatic heterocycles. The Morgan fingerprint density at radius 1 is 1.11 bits per heavy atom. The summed E-state index contributed by atoms with van der Waals surface area (Å²) in [5, 5.41) is 10.1. The largest absolute Gasteiger partial charge is 0.388 e. The van der Waals surface area contributed by atoms with Crippen LogP contribution in [0.5, 0.6) is 0 Å².